The van der Waals surface area contributed by atoms with Crippen LogP contribution in [0.2, 0.25) is 0 Å². The molecule has 31 heavy (non-hydrogen) atoms. The SMILES string of the molecule is O=C1NCc2nc(-c3c(F)cccc3F)cc(Nc3ccc([C@@H]4CCNC4=O)cc3)c21. The number of rotatable bonds is 4. The van der Waals surface area contributed by atoms with E-state index in [0.717, 1.165) is 12.0 Å². The molecule has 5 rings (SSSR count). The van der Waals surface area contributed by atoms with E-state index in [1.54, 1.807) is 0 Å². The Balaban J connectivity index is 1.52. The van der Waals surface area contributed by atoms with Gasteiger partial charge < -0.3 is 16.0 Å². The molecule has 1 atom stereocenters. The maximum Gasteiger partial charge on any atom is 0.255 e. The number of halogens is 2. The molecule has 0 radical (unpaired) electrons. The lowest BCUT2D eigenvalue weighted by Gasteiger charge is -2.14. The molecule has 3 heterocycles. The second-order valence-electron chi connectivity index (χ2n) is 7.54. The third-order valence-corrected chi connectivity index (χ3v) is 5.60. The molecule has 1 fully saturated rings. The number of nitrogens with one attached hydrogen (secondary N) is 3. The van der Waals surface area contributed by atoms with Crippen molar-refractivity contribution in [1.82, 2.24) is 15.6 Å². The lowest BCUT2D eigenvalue weighted by molar-refractivity contribution is -0.120. The average molecular weight is 420 g/mol. The van der Waals surface area contributed by atoms with Crippen molar-refractivity contribution in [2.24, 2.45) is 0 Å². The molecule has 1 aromatic heterocycles. The summed E-state index contributed by atoms with van der Waals surface area (Å²) in [5.74, 6) is -1.91. The minimum absolute atomic E-state index is 0.0147. The minimum Gasteiger partial charge on any atom is -0.356 e. The Morgan fingerprint density at radius 2 is 1.71 bits per heavy atom. The lowest BCUT2D eigenvalue weighted by Crippen LogP contribution is -2.17. The minimum atomic E-state index is -0.727. The van der Waals surface area contributed by atoms with Crippen LogP contribution in [-0.4, -0.2) is 23.3 Å². The molecule has 0 aliphatic carbocycles. The van der Waals surface area contributed by atoms with Gasteiger partial charge in [-0.25, -0.2) is 13.8 Å². The van der Waals surface area contributed by atoms with Crippen LogP contribution in [0.15, 0.2) is 48.5 Å². The van der Waals surface area contributed by atoms with Crippen molar-refractivity contribution in [3.63, 3.8) is 0 Å². The van der Waals surface area contributed by atoms with E-state index in [0.29, 0.717) is 29.2 Å². The first-order valence-electron chi connectivity index (χ1n) is 9.92. The average Bonchev–Trinajstić information content (AvgIpc) is 3.34. The van der Waals surface area contributed by atoms with Gasteiger partial charge in [0.25, 0.3) is 5.91 Å². The molecule has 2 amide bonds. The summed E-state index contributed by atoms with van der Waals surface area (Å²) in [6, 6.07) is 12.4. The van der Waals surface area contributed by atoms with Gasteiger partial charge in [-0.2, -0.15) is 0 Å². The highest BCUT2D eigenvalue weighted by Crippen LogP contribution is 2.33. The Kier molecular flexibility index (Phi) is 4.62. The summed E-state index contributed by atoms with van der Waals surface area (Å²) in [6.07, 6.45) is 0.751. The predicted molar refractivity (Wildman–Crippen MR) is 111 cm³/mol. The maximum atomic E-state index is 14.3. The molecule has 2 aromatic carbocycles. The van der Waals surface area contributed by atoms with E-state index in [1.165, 1.54) is 24.3 Å². The number of amides is 2. The summed E-state index contributed by atoms with van der Waals surface area (Å²) in [5.41, 5.74) is 2.63. The zero-order valence-electron chi connectivity index (χ0n) is 16.3. The normalized spacial score (nSPS) is 17.3. The highest BCUT2D eigenvalue weighted by Gasteiger charge is 2.28. The van der Waals surface area contributed by atoms with Crippen molar-refractivity contribution in [2.45, 2.75) is 18.9 Å². The van der Waals surface area contributed by atoms with Gasteiger partial charge >= 0.3 is 0 Å². The molecule has 0 saturated carbocycles. The largest absolute Gasteiger partial charge is 0.356 e. The Hall–Kier alpha value is -3.81. The van der Waals surface area contributed by atoms with E-state index < -0.39 is 11.6 Å². The smallest absolute Gasteiger partial charge is 0.255 e. The van der Waals surface area contributed by atoms with Crippen LogP contribution in [-0.2, 0) is 11.3 Å². The van der Waals surface area contributed by atoms with E-state index in [2.05, 4.69) is 20.9 Å². The molecule has 0 unspecified atom stereocenters. The van der Waals surface area contributed by atoms with Crippen molar-refractivity contribution in [3.8, 4) is 11.3 Å². The van der Waals surface area contributed by atoms with Crippen molar-refractivity contribution < 1.29 is 18.4 Å². The van der Waals surface area contributed by atoms with Gasteiger partial charge in [-0.15, -0.1) is 0 Å². The Labute approximate surface area is 176 Å². The molecule has 2 aliphatic heterocycles. The summed E-state index contributed by atoms with van der Waals surface area (Å²) in [6.45, 7) is 0.847. The summed E-state index contributed by atoms with van der Waals surface area (Å²) < 4.78 is 28.7. The Morgan fingerprint density at radius 3 is 2.39 bits per heavy atom. The van der Waals surface area contributed by atoms with Gasteiger partial charge in [0, 0.05) is 12.2 Å². The fourth-order valence-electron chi connectivity index (χ4n) is 4.07. The number of benzene rings is 2. The molecule has 2 aliphatic rings. The first-order chi connectivity index (χ1) is 15.0. The van der Waals surface area contributed by atoms with Crippen LogP contribution in [0.1, 0.15) is 34.0 Å². The van der Waals surface area contributed by atoms with Gasteiger partial charge in [-0.1, -0.05) is 18.2 Å². The summed E-state index contributed by atoms with van der Waals surface area (Å²) >= 11 is 0. The quantitative estimate of drug-likeness (QED) is 0.602. The van der Waals surface area contributed by atoms with Gasteiger partial charge in [-0.3, -0.25) is 9.59 Å². The predicted octanol–water partition coefficient (Wildman–Crippen LogP) is 3.62. The number of nitrogens with zero attached hydrogens (tertiary/aromatic N) is 1. The van der Waals surface area contributed by atoms with Gasteiger partial charge in [0.05, 0.1) is 40.7 Å². The highest BCUT2D eigenvalue weighted by atomic mass is 19.1. The molecule has 0 bridgehead atoms. The monoisotopic (exact) mass is 420 g/mol. The van der Waals surface area contributed by atoms with Gasteiger partial charge in [-0.05, 0) is 42.3 Å². The summed E-state index contributed by atoms with van der Waals surface area (Å²) in [7, 11) is 0. The first kappa shape index (κ1) is 19.2. The third kappa shape index (κ3) is 3.39. The van der Waals surface area contributed by atoms with Crippen molar-refractivity contribution >= 4 is 23.2 Å². The molecule has 6 nitrogen and oxygen atoms in total. The zero-order valence-corrected chi connectivity index (χ0v) is 16.3. The number of fused-ring (bicyclic) bond motifs is 1. The second-order valence-corrected chi connectivity index (χ2v) is 7.54. The fourth-order valence-corrected chi connectivity index (χ4v) is 4.07. The molecular weight excluding hydrogens is 402 g/mol. The number of carbonyl (C=O) groups excluding carboxylic acids is 2. The maximum absolute atomic E-state index is 14.3. The van der Waals surface area contributed by atoms with Crippen LogP contribution >= 0.6 is 0 Å². The van der Waals surface area contributed by atoms with Crippen LogP contribution in [0.5, 0.6) is 0 Å². The number of hydrogen-bond acceptors (Lipinski definition) is 4. The Morgan fingerprint density at radius 1 is 0.968 bits per heavy atom. The molecule has 8 heteroatoms. The Bertz CT molecular complexity index is 1190. The second kappa shape index (κ2) is 7.46. The number of anilines is 2. The van der Waals surface area contributed by atoms with E-state index in [-0.39, 0.29) is 35.5 Å². The number of pyridine rings is 1. The summed E-state index contributed by atoms with van der Waals surface area (Å²) in [5, 5.41) is 8.68. The highest BCUT2D eigenvalue weighted by molar-refractivity contribution is 6.04. The molecule has 3 N–H and O–H groups in total. The molecule has 1 saturated heterocycles. The molecule has 0 spiro atoms. The summed E-state index contributed by atoms with van der Waals surface area (Å²) in [4.78, 5) is 28.6. The topological polar surface area (TPSA) is 83.1 Å². The van der Waals surface area contributed by atoms with Gasteiger partial charge in [0.1, 0.15) is 11.6 Å². The van der Waals surface area contributed by atoms with Crippen molar-refractivity contribution in [1.29, 1.82) is 0 Å². The van der Waals surface area contributed by atoms with Crippen LogP contribution < -0.4 is 16.0 Å². The number of hydrogen-bond donors (Lipinski definition) is 3. The van der Waals surface area contributed by atoms with Crippen LogP contribution in [0.3, 0.4) is 0 Å². The lowest BCUT2D eigenvalue weighted by atomic mass is 9.97. The van der Waals surface area contributed by atoms with Gasteiger partial charge in [0.15, 0.2) is 0 Å². The number of aromatic nitrogens is 1. The van der Waals surface area contributed by atoms with E-state index >= 15 is 0 Å². The van der Waals surface area contributed by atoms with Crippen LogP contribution in [0.25, 0.3) is 11.3 Å². The number of carbonyl (C=O) groups is 2. The third-order valence-electron chi connectivity index (χ3n) is 5.60. The van der Waals surface area contributed by atoms with Crippen LogP contribution in [0.4, 0.5) is 20.2 Å². The fraction of sp³-hybridized carbons (Fsp3) is 0.174. The molecule has 156 valence electrons. The molecule has 3 aromatic rings. The van der Waals surface area contributed by atoms with Gasteiger partial charge in [0.2, 0.25) is 5.91 Å². The van der Waals surface area contributed by atoms with E-state index in [4.69, 9.17) is 0 Å². The van der Waals surface area contributed by atoms with Crippen molar-refractivity contribution in [3.05, 3.63) is 77.0 Å². The zero-order chi connectivity index (χ0) is 21.5. The van der Waals surface area contributed by atoms with E-state index in [1.807, 2.05) is 24.3 Å². The van der Waals surface area contributed by atoms with Crippen molar-refractivity contribution in [2.75, 3.05) is 11.9 Å². The van der Waals surface area contributed by atoms with E-state index in [9.17, 15) is 18.4 Å². The molecular formula is C23H18F2N4O2. The first-order valence-corrected chi connectivity index (χ1v) is 9.92. The standard InChI is InChI=1S/C23H18F2N4O2/c24-15-2-1-3-16(25)20(15)17-10-18(21-19(29-17)11-27-23(21)31)28-13-6-4-12(5-7-13)14-8-9-26-22(14)30/h1-7,10,14H,8-9,11H2,(H,26,30)(H,27,31)(H,28,29)/t14-/m0/s1. The van der Waals surface area contributed by atoms with Crippen LogP contribution in [0, 0.1) is 11.6 Å².